The van der Waals surface area contributed by atoms with Crippen LogP contribution in [-0.2, 0) is 6.54 Å². The molecule has 0 aliphatic carbocycles. The quantitative estimate of drug-likeness (QED) is 0.325. The van der Waals surface area contributed by atoms with E-state index in [1.807, 2.05) is 77.7 Å². The van der Waals surface area contributed by atoms with Gasteiger partial charge >= 0.3 is 0 Å². The van der Waals surface area contributed by atoms with Gasteiger partial charge in [-0.05, 0) is 24.7 Å². The molecule has 1 heterocycles. The molecule has 0 saturated heterocycles. The molecule has 4 rings (SSSR count). The van der Waals surface area contributed by atoms with Crippen LogP contribution in [0.2, 0.25) is 0 Å². The number of amides is 1. The molecule has 0 fully saturated rings. The van der Waals surface area contributed by atoms with Crippen molar-refractivity contribution in [2.75, 3.05) is 26.2 Å². The maximum absolute atomic E-state index is 14.1. The number of hydrogen-bond donors (Lipinski definition) is 0. The summed E-state index contributed by atoms with van der Waals surface area (Å²) in [5.74, 6) is 0.641. The zero-order chi connectivity index (χ0) is 22.3. The first-order valence-corrected chi connectivity index (χ1v) is 11.3. The van der Waals surface area contributed by atoms with Crippen molar-refractivity contribution in [3.8, 4) is 11.3 Å². The highest BCUT2D eigenvalue weighted by Crippen LogP contribution is 2.34. The molecule has 0 radical (unpaired) electrons. The molecule has 164 valence electrons. The van der Waals surface area contributed by atoms with Gasteiger partial charge in [0, 0.05) is 30.6 Å². The Morgan fingerprint density at radius 2 is 1.41 bits per heavy atom. The van der Waals surface area contributed by atoms with E-state index in [4.69, 9.17) is 4.42 Å². The van der Waals surface area contributed by atoms with Crippen molar-refractivity contribution in [2.24, 2.45) is 0 Å². The van der Waals surface area contributed by atoms with Crippen molar-refractivity contribution in [1.82, 2.24) is 9.80 Å². The molecule has 0 bridgehead atoms. The Bertz CT molecular complexity index is 1150. The van der Waals surface area contributed by atoms with E-state index in [-0.39, 0.29) is 5.91 Å². The topological polar surface area (TPSA) is 36.7 Å². The number of nitrogens with zero attached hydrogens (tertiary/aromatic N) is 2. The average Bonchev–Trinajstić information content (AvgIpc) is 3.24. The van der Waals surface area contributed by atoms with Crippen LogP contribution in [0, 0.1) is 0 Å². The zero-order valence-electron chi connectivity index (χ0n) is 18.8. The fourth-order valence-electron chi connectivity index (χ4n) is 4.07. The summed E-state index contributed by atoms with van der Waals surface area (Å²) in [4.78, 5) is 18.4. The average molecular weight is 427 g/mol. The van der Waals surface area contributed by atoms with E-state index in [2.05, 4.69) is 30.9 Å². The van der Waals surface area contributed by atoms with E-state index in [1.54, 1.807) is 0 Å². The lowest BCUT2D eigenvalue weighted by Gasteiger charge is -2.27. The van der Waals surface area contributed by atoms with Crippen LogP contribution in [0.4, 0.5) is 0 Å². The first-order valence-electron chi connectivity index (χ1n) is 11.3. The molecule has 3 aromatic carbocycles. The summed E-state index contributed by atoms with van der Waals surface area (Å²) < 4.78 is 6.22. The van der Waals surface area contributed by atoms with E-state index in [1.165, 1.54) is 0 Å². The Labute approximate surface area is 190 Å². The number of furan rings is 1. The minimum Gasteiger partial charge on any atom is -0.455 e. The third kappa shape index (κ3) is 4.76. The Morgan fingerprint density at radius 1 is 0.781 bits per heavy atom. The molecular weight excluding hydrogens is 396 g/mol. The summed E-state index contributed by atoms with van der Waals surface area (Å²) in [6, 6.07) is 27.9. The van der Waals surface area contributed by atoms with Gasteiger partial charge in [0.15, 0.2) is 0 Å². The van der Waals surface area contributed by atoms with E-state index in [9.17, 15) is 4.79 Å². The van der Waals surface area contributed by atoms with Crippen LogP contribution >= 0.6 is 0 Å². The summed E-state index contributed by atoms with van der Waals surface area (Å²) in [6.45, 7) is 8.30. The van der Waals surface area contributed by atoms with E-state index < -0.39 is 0 Å². The summed E-state index contributed by atoms with van der Waals surface area (Å²) in [5, 5.41) is 0.859. The number of fused-ring (bicyclic) bond motifs is 1. The summed E-state index contributed by atoms with van der Waals surface area (Å²) in [7, 11) is 0. The lowest BCUT2D eigenvalue weighted by molar-refractivity contribution is 0.0726. The van der Waals surface area contributed by atoms with Crippen LogP contribution in [0.1, 0.15) is 29.8 Å². The van der Waals surface area contributed by atoms with Crippen molar-refractivity contribution < 1.29 is 9.21 Å². The van der Waals surface area contributed by atoms with Gasteiger partial charge in [-0.1, -0.05) is 92.7 Å². The molecule has 4 nitrogen and oxygen atoms in total. The molecule has 0 saturated carbocycles. The molecule has 0 N–H and O–H groups in total. The standard InChI is InChI=1S/C28H30N2O2/c1-3-29(4-2)19-20-30(21-22-13-7-5-8-14-22)28(31)26-24-17-11-12-18-25(24)32-27(26)23-15-9-6-10-16-23/h5-18H,3-4,19-21H2,1-2H3. The lowest BCUT2D eigenvalue weighted by atomic mass is 10.0. The molecule has 0 aliphatic rings. The van der Waals surface area contributed by atoms with Crippen LogP contribution in [0.25, 0.3) is 22.3 Å². The van der Waals surface area contributed by atoms with Gasteiger partial charge in [0.25, 0.3) is 5.91 Å². The number of benzene rings is 3. The van der Waals surface area contributed by atoms with Crippen LogP contribution in [0.3, 0.4) is 0 Å². The van der Waals surface area contributed by atoms with Gasteiger partial charge in [0.05, 0.1) is 5.56 Å². The van der Waals surface area contributed by atoms with E-state index >= 15 is 0 Å². The number of hydrogen-bond acceptors (Lipinski definition) is 3. The molecule has 0 unspecified atom stereocenters. The second kappa shape index (κ2) is 10.3. The first-order chi connectivity index (χ1) is 15.7. The Balaban J connectivity index is 1.75. The minimum absolute atomic E-state index is 0.00446. The molecule has 0 aliphatic heterocycles. The van der Waals surface area contributed by atoms with Gasteiger partial charge in [0.1, 0.15) is 11.3 Å². The second-order valence-corrected chi connectivity index (χ2v) is 7.91. The van der Waals surface area contributed by atoms with Crippen LogP contribution in [-0.4, -0.2) is 41.9 Å². The third-order valence-corrected chi connectivity index (χ3v) is 5.93. The van der Waals surface area contributed by atoms with Crippen molar-refractivity contribution in [3.05, 3.63) is 96.1 Å². The SMILES string of the molecule is CCN(CC)CCN(Cc1ccccc1)C(=O)c1c(-c2ccccc2)oc2ccccc12. The van der Waals surface area contributed by atoms with Crippen molar-refractivity contribution in [2.45, 2.75) is 20.4 Å². The fourth-order valence-corrected chi connectivity index (χ4v) is 4.07. The molecule has 0 atom stereocenters. The zero-order valence-corrected chi connectivity index (χ0v) is 18.8. The highest BCUT2D eigenvalue weighted by atomic mass is 16.3. The molecule has 4 heteroatoms. The lowest BCUT2D eigenvalue weighted by Crippen LogP contribution is -2.38. The maximum Gasteiger partial charge on any atom is 0.258 e. The number of carbonyl (C=O) groups is 1. The van der Waals surface area contributed by atoms with Crippen molar-refractivity contribution in [3.63, 3.8) is 0 Å². The highest BCUT2D eigenvalue weighted by molar-refractivity contribution is 6.11. The molecule has 32 heavy (non-hydrogen) atoms. The van der Waals surface area contributed by atoms with Gasteiger partial charge < -0.3 is 14.2 Å². The molecule has 1 amide bonds. The van der Waals surface area contributed by atoms with Gasteiger partial charge in [-0.2, -0.15) is 0 Å². The van der Waals surface area contributed by atoms with Crippen molar-refractivity contribution in [1.29, 1.82) is 0 Å². The largest absolute Gasteiger partial charge is 0.455 e. The Hall–Kier alpha value is -3.37. The van der Waals surface area contributed by atoms with Gasteiger partial charge in [-0.15, -0.1) is 0 Å². The first kappa shape index (κ1) is 21.8. The molecular formula is C28H30N2O2. The smallest absolute Gasteiger partial charge is 0.258 e. The van der Waals surface area contributed by atoms with Gasteiger partial charge in [0.2, 0.25) is 0 Å². The van der Waals surface area contributed by atoms with Gasteiger partial charge in [-0.3, -0.25) is 4.79 Å². The summed E-state index contributed by atoms with van der Waals surface area (Å²) in [5.41, 5.74) is 3.41. The number of para-hydroxylation sites is 1. The maximum atomic E-state index is 14.1. The van der Waals surface area contributed by atoms with Crippen LogP contribution in [0.5, 0.6) is 0 Å². The molecule has 0 spiro atoms. The van der Waals surface area contributed by atoms with Crippen LogP contribution < -0.4 is 0 Å². The van der Waals surface area contributed by atoms with Crippen molar-refractivity contribution >= 4 is 16.9 Å². The number of carbonyl (C=O) groups excluding carboxylic acids is 1. The monoisotopic (exact) mass is 426 g/mol. The predicted octanol–water partition coefficient (Wildman–Crippen LogP) is 6.08. The third-order valence-electron chi connectivity index (χ3n) is 5.93. The predicted molar refractivity (Wildman–Crippen MR) is 131 cm³/mol. The fraction of sp³-hybridized carbons (Fsp3) is 0.250. The number of rotatable bonds is 9. The molecule has 4 aromatic rings. The highest BCUT2D eigenvalue weighted by Gasteiger charge is 2.26. The van der Waals surface area contributed by atoms with Crippen LogP contribution in [0.15, 0.2) is 89.3 Å². The summed E-state index contributed by atoms with van der Waals surface area (Å²) in [6.07, 6.45) is 0. The molecule has 1 aromatic heterocycles. The Kier molecular flexibility index (Phi) is 7.03. The second-order valence-electron chi connectivity index (χ2n) is 7.91. The normalized spacial score (nSPS) is 11.2. The summed E-state index contributed by atoms with van der Waals surface area (Å²) >= 11 is 0. The Morgan fingerprint density at radius 3 is 2.09 bits per heavy atom. The minimum atomic E-state index is 0.00446. The van der Waals surface area contributed by atoms with Gasteiger partial charge in [-0.25, -0.2) is 0 Å². The van der Waals surface area contributed by atoms with E-state index in [0.29, 0.717) is 24.4 Å². The number of likely N-dealkylation sites (N-methyl/N-ethyl adjacent to an activating group) is 1. The van der Waals surface area contributed by atoms with E-state index in [0.717, 1.165) is 41.7 Å².